The molecule has 0 atom stereocenters. The third-order valence-corrected chi connectivity index (χ3v) is 2.69. The van der Waals surface area contributed by atoms with Gasteiger partial charge in [0.1, 0.15) is 0 Å². The van der Waals surface area contributed by atoms with Crippen molar-refractivity contribution >= 4 is 0 Å². The Kier molecular flexibility index (Phi) is 5.45. The van der Waals surface area contributed by atoms with Crippen molar-refractivity contribution in [3.63, 3.8) is 0 Å². The number of hydrogen-bond acceptors (Lipinski definition) is 0. The van der Waals surface area contributed by atoms with Crippen LogP contribution in [0.25, 0.3) is 0 Å². The first kappa shape index (κ1) is 12.3. The Morgan fingerprint density at radius 1 is 1.00 bits per heavy atom. The van der Waals surface area contributed by atoms with Crippen LogP contribution in [0.2, 0.25) is 0 Å². The molecule has 1 aromatic carbocycles. The maximum absolute atomic E-state index is 2.40. The minimum atomic E-state index is 1.13. The molecule has 0 aliphatic carbocycles. The van der Waals surface area contributed by atoms with Crippen molar-refractivity contribution in [3.8, 4) is 0 Å². The Labute approximate surface area is 94.7 Å². The molecule has 0 N–H and O–H groups in total. The van der Waals surface area contributed by atoms with Gasteiger partial charge in [-0.15, -0.1) is 0 Å². The molecule has 1 aromatic rings. The smallest absolute Gasteiger partial charge is 0.00930 e. The summed E-state index contributed by atoms with van der Waals surface area (Å²) in [5.41, 5.74) is 4.47. The molecule has 0 saturated carbocycles. The van der Waals surface area contributed by atoms with E-state index in [0.717, 1.165) is 6.42 Å². The lowest BCUT2D eigenvalue weighted by Crippen LogP contribution is -1.95. The van der Waals surface area contributed by atoms with Gasteiger partial charge >= 0.3 is 0 Å². The van der Waals surface area contributed by atoms with E-state index >= 15 is 0 Å². The number of rotatable bonds is 6. The van der Waals surface area contributed by atoms with E-state index in [4.69, 9.17) is 0 Å². The molecule has 1 rings (SSSR count). The van der Waals surface area contributed by atoms with E-state index in [-0.39, 0.29) is 0 Å². The molecule has 0 heterocycles. The van der Waals surface area contributed by atoms with E-state index in [1.807, 2.05) is 0 Å². The van der Waals surface area contributed by atoms with Gasteiger partial charge in [-0.2, -0.15) is 0 Å². The molecule has 0 heteroatoms. The average Bonchev–Trinajstić information content (AvgIpc) is 2.23. The first-order valence-electron chi connectivity index (χ1n) is 6.26. The minimum absolute atomic E-state index is 1.13. The van der Waals surface area contributed by atoms with Gasteiger partial charge in [0, 0.05) is 0 Å². The van der Waals surface area contributed by atoms with Gasteiger partial charge in [0.15, 0.2) is 0 Å². The van der Waals surface area contributed by atoms with Crippen molar-refractivity contribution in [1.29, 1.82) is 0 Å². The molecule has 83 valence electrons. The third kappa shape index (κ3) is 3.70. The predicted octanol–water partition coefficient (Wildman–Crippen LogP) is 4.55. The second-order valence-corrected chi connectivity index (χ2v) is 4.15. The van der Waals surface area contributed by atoms with E-state index < -0.39 is 0 Å². The Balaban J connectivity index is 2.87. The number of benzene rings is 1. The van der Waals surface area contributed by atoms with E-state index in [9.17, 15) is 0 Å². The van der Waals surface area contributed by atoms with Crippen molar-refractivity contribution in [2.75, 3.05) is 0 Å². The Bertz CT molecular complexity index is 286. The Morgan fingerprint density at radius 3 is 2.33 bits per heavy atom. The second-order valence-electron chi connectivity index (χ2n) is 4.15. The van der Waals surface area contributed by atoms with Crippen LogP contribution in [0, 0.1) is 6.42 Å². The predicted molar refractivity (Wildman–Crippen MR) is 68.1 cm³/mol. The minimum Gasteiger partial charge on any atom is -0.0651 e. The van der Waals surface area contributed by atoms with Crippen LogP contribution in [0.15, 0.2) is 18.2 Å². The highest BCUT2D eigenvalue weighted by atomic mass is 14.1. The summed E-state index contributed by atoms with van der Waals surface area (Å²) >= 11 is 0. The zero-order chi connectivity index (χ0) is 11.1. The summed E-state index contributed by atoms with van der Waals surface area (Å²) in [5.74, 6) is 0. The molecule has 0 aliphatic rings. The fourth-order valence-electron chi connectivity index (χ4n) is 2.01. The summed E-state index contributed by atoms with van der Waals surface area (Å²) < 4.78 is 0. The van der Waals surface area contributed by atoms with Crippen molar-refractivity contribution in [2.24, 2.45) is 0 Å². The molecule has 0 amide bonds. The lowest BCUT2D eigenvalue weighted by Gasteiger charge is -2.10. The summed E-state index contributed by atoms with van der Waals surface area (Å²) in [7, 11) is 0. The van der Waals surface area contributed by atoms with Gasteiger partial charge in [-0.25, -0.2) is 0 Å². The van der Waals surface area contributed by atoms with E-state index in [1.165, 1.54) is 42.4 Å². The van der Waals surface area contributed by atoms with Crippen molar-refractivity contribution in [1.82, 2.24) is 0 Å². The molecular weight excluding hydrogens is 180 g/mol. The lowest BCUT2D eigenvalue weighted by molar-refractivity contribution is 0.886. The molecule has 1 radical (unpaired) electrons. The standard InChI is InChI=1S/C15H23/c1-4-7-13-10-11-14(8-5-2)15(12-13)9-6-3/h8,10-12H,4-7,9H2,1-3H3. The van der Waals surface area contributed by atoms with Crippen molar-refractivity contribution in [2.45, 2.75) is 52.9 Å². The quantitative estimate of drug-likeness (QED) is 0.636. The highest BCUT2D eigenvalue weighted by Crippen LogP contribution is 2.18. The monoisotopic (exact) mass is 203 g/mol. The molecule has 0 saturated heterocycles. The largest absolute Gasteiger partial charge is 0.0651 e. The van der Waals surface area contributed by atoms with Gasteiger partial charge in [0.2, 0.25) is 0 Å². The van der Waals surface area contributed by atoms with Crippen LogP contribution >= 0.6 is 0 Å². The molecule has 0 nitrogen and oxygen atoms in total. The summed E-state index contributed by atoms with van der Waals surface area (Å²) in [4.78, 5) is 0. The van der Waals surface area contributed by atoms with Crippen LogP contribution in [0.5, 0.6) is 0 Å². The van der Waals surface area contributed by atoms with Gasteiger partial charge in [0.25, 0.3) is 0 Å². The van der Waals surface area contributed by atoms with Crippen LogP contribution in [0.3, 0.4) is 0 Å². The molecule has 0 aromatic heterocycles. The zero-order valence-corrected chi connectivity index (χ0v) is 10.3. The van der Waals surface area contributed by atoms with Crippen molar-refractivity contribution < 1.29 is 0 Å². The van der Waals surface area contributed by atoms with Crippen LogP contribution in [-0.4, -0.2) is 0 Å². The van der Waals surface area contributed by atoms with Gasteiger partial charge in [-0.3, -0.25) is 0 Å². The highest BCUT2D eigenvalue weighted by molar-refractivity contribution is 5.36. The van der Waals surface area contributed by atoms with Crippen LogP contribution in [-0.2, 0) is 12.8 Å². The zero-order valence-electron chi connectivity index (χ0n) is 10.3. The van der Waals surface area contributed by atoms with Crippen LogP contribution < -0.4 is 0 Å². The molecule has 0 aliphatic heterocycles. The topological polar surface area (TPSA) is 0 Å². The van der Waals surface area contributed by atoms with E-state index in [2.05, 4.69) is 45.4 Å². The second kappa shape index (κ2) is 6.66. The van der Waals surface area contributed by atoms with Crippen LogP contribution in [0.4, 0.5) is 0 Å². The third-order valence-electron chi connectivity index (χ3n) is 2.69. The normalized spacial score (nSPS) is 10.6. The van der Waals surface area contributed by atoms with Crippen LogP contribution in [0.1, 0.15) is 56.7 Å². The highest BCUT2D eigenvalue weighted by Gasteiger charge is 2.02. The average molecular weight is 203 g/mol. The molecule has 15 heavy (non-hydrogen) atoms. The summed E-state index contributed by atoms with van der Waals surface area (Å²) in [6.45, 7) is 6.70. The molecule has 0 spiro atoms. The van der Waals surface area contributed by atoms with Crippen molar-refractivity contribution in [3.05, 3.63) is 41.3 Å². The first-order valence-corrected chi connectivity index (χ1v) is 6.26. The van der Waals surface area contributed by atoms with Gasteiger partial charge in [-0.1, -0.05) is 51.8 Å². The Morgan fingerprint density at radius 2 is 1.73 bits per heavy atom. The van der Waals surface area contributed by atoms with Gasteiger partial charge in [-0.05, 0) is 42.4 Å². The molecule has 0 unspecified atom stereocenters. The summed E-state index contributed by atoms with van der Waals surface area (Å²) in [6.07, 6.45) is 8.36. The fourth-order valence-corrected chi connectivity index (χ4v) is 2.01. The maximum Gasteiger partial charge on any atom is -0.00930 e. The summed E-state index contributed by atoms with van der Waals surface area (Å²) in [5, 5.41) is 0. The Hall–Kier alpha value is -0.780. The van der Waals surface area contributed by atoms with E-state index in [0.29, 0.717) is 0 Å². The lowest BCUT2D eigenvalue weighted by atomic mass is 9.96. The van der Waals surface area contributed by atoms with E-state index in [1.54, 1.807) is 0 Å². The fraction of sp³-hybridized carbons (Fsp3) is 0.533. The molecular formula is C15H23. The van der Waals surface area contributed by atoms with Gasteiger partial charge in [0.05, 0.1) is 0 Å². The SMILES string of the molecule is CC[CH]c1ccc(CCC)cc1CCC. The van der Waals surface area contributed by atoms with Gasteiger partial charge < -0.3 is 0 Å². The number of hydrogen-bond donors (Lipinski definition) is 0. The molecule has 0 fully saturated rings. The maximum atomic E-state index is 2.40. The first-order chi connectivity index (χ1) is 7.31. The summed E-state index contributed by atoms with van der Waals surface area (Å²) in [6, 6.07) is 6.97. The number of aryl methyl sites for hydroxylation is 2. The molecule has 0 bridgehead atoms.